The summed E-state index contributed by atoms with van der Waals surface area (Å²) in [5.41, 5.74) is 6.89. The molecule has 0 saturated carbocycles. The van der Waals surface area contributed by atoms with Gasteiger partial charge in [-0.15, -0.1) is 0 Å². The fraction of sp³-hybridized carbons (Fsp3) is 0.333. The Morgan fingerprint density at radius 1 is 1.58 bits per heavy atom. The van der Waals surface area contributed by atoms with Crippen LogP contribution in [0.1, 0.15) is 17.3 Å². The molecule has 0 amide bonds. The molecule has 0 saturated heterocycles. The van der Waals surface area contributed by atoms with Crippen molar-refractivity contribution in [2.24, 2.45) is 5.73 Å². The van der Waals surface area contributed by atoms with Crippen LogP contribution in [0.5, 0.6) is 0 Å². The fourth-order valence-electron chi connectivity index (χ4n) is 0.999. The number of aryl methyl sites for hydroxylation is 1. The topological polar surface area (TPSA) is 26.0 Å². The molecule has 0 aliphatic carbocycles. The van der Waals surface area contributed by atoms with E-state index in [1.54, 1.807) is 6.07 Å². The zero-order valence-electron chi connectivity index (χ0n) is 6.85. The molecule has 0 radical (unpaired) electrons. The molecule has 1 atom stereocenters. The number of rotatable bonds is 2. The van der Waals surface area contributed by atoms with Crippen molar-refractivity contribution < 1.29 is 4.39 Å². The average Bonchev–Trinajstić information content (AvgIpc) is 2.08. The van der Waals surface area contributed by atoms with Crippen LogP contribution in [-0.2, 0) is 0 Å². The monoisotopic (exact) mass is 231 g/mol. The van der Waals surface area contributed by atoms with E-state index in [-0.39, 0.29) is 6.54 Å². The van der Waals surface area contributed by atoms with E-state index in [0.717, 1.165) is 10.0 Å². The number of nitrogens with two attached hydrogens (primary N) is 1. The first-order valence-electron chi connectivity index (χ1n) is 3.75. The zero-order valence-corrected chi connectivity index (χ0v) is 8.44. The van der Waals surface area contributed by atoms with Crippen molar-refractivity contribution in [2.45, 2.75) is 13.1 Å². The number of hydrogen-bond acceptors (Lipinski definition) is 1. The Labute approximate surface area is 79.9 Å². The summed E-state index contributed by atoms with van der Waals surface area (Å²) in [6.45, 7) is 1.97. The van der Waals surface area contributed by atoms with Crippen LogP contribution in [0.25, 0.3) is 0 Å². The Morgan fingerprint density at radius 3 is 2.75 bits per heavy atom. The van der Waals surface area contributed by atoms with Crippen molar-refractivity contribution in [2.75, 3.05) is 6.54 Å². The minimum absolute atomic E-state index is 0.0427. The predicted molar refractivity (Wildman–Crippen MR) is 51.8 cm³/mol. The number of alkyl halides is 1. The second kappa shape index (κ2) is 4.01. The molecule has 12 heavy (non-hydrogen) atoms. The van der Waals surface area contributed by atoms with Crippen molar-refractivity contribution in [3.8, 4) is 0 Å². The Kier molecular flexibility index (Phi) is 3.23. The Balaban J connectivity index is 2.96. The van der Waals surface area contributed by atoms with Crippen molar-refractivity contribution in [3.63, 3.8) is 0 Å². The number of hydrogen-bond donors (Lipinski definition) is 1. The lowest BCUT2D eigenvalue weighted by Crippen LogP contribution is -2.07. The lowest BCUT2D eigenvalue weighted by molar-refractivity contribution is 0.353. The van der Waals surface area contributed by atoms with E-state index in [2.05, 4.69) is 15.9 Å². The third-order valence-corrected chi connectivity index (χ3v) is 2.64. The van der Waals surface area contributed by atoms with E-state index >= 15 is 0 Å². The highest BCUT2D eigenvalue weighted by Gasteiger charge is 2.07. The van der Waals surface area contributed by atoms with Gasteiger partial charge in [-0.3, -0.25) is 0 Å². The molecule has 1 aromatic rings. The molecule has 1 nitrogen and oxygen atoms in total. The minimum atomic E-state index is -1.04. The smallest absolute Gasteiger partial charge is 0.137 e. The van der Waals surface area contributed by atoms with Gasteiger partial charge in [-0.2, -0.15) is 0 Å². The highest BCUT2D eigenvalue weighted by molar-refractivity contribution is 9.10. The molecule has 2 N–H and O–H groups in total. The summed E-state index contributed by atoms with van der Waals surface area (Å²) in [5, 5.41) is 0. The molecule has 1 aromatic carbocycles. The number of benzene rings is 1. The van der Waals surface area contributed by atoms with Gasteiger partial charge in [-0.1, -0.05) is 28.1 Å². The van der Waals surface area contributed by atoms with Gasteiger partial charge in [0, 0.05) is 11.0 Å². The summed E-state index contributed by atoms with van der Waals surface area (Å²) in [5.74, 6) is 0. The summed E-state index contributed by atoms with van der Waals surface area (Å²) in [6, 6.07) is 5.39. The van der Waals surface area contributed by atoms with Gasteiger partial charge in [0.1, 0.15) is 6.17 Å². The van der Waals surface area contributed by atoms with Crippen LogP contribution in [0, 0.1) is 6.92 Å². The molecule has 0 spiro atoms. The summed E-state index contributed by atoms with van der Waals surface area (Å²) in [7, 11) is 0. The third kappa shape index (κ3) is 2.05. The quantitative estimate of drug-likeness (QED) is 0.833. The molecule has 3 heteroatoms. The summed E-state index contributed by atoms with van der Waals surface area (Å²) in [6.07, 6.45) is -1.04. The maximum absolute atomic E-state index is 13.0. The molecular formula is C9H11BrFN. The second-order valence-electron chi connectivity index (χ2n) is 2.71. The first kappa shape index (κ1) is 9.68. The SMILES string of the molecule is Cc1cc(C(F)CN)ccc1Br. The largest absolute Gasteiger partial charge is 0.327 e. The molecule has 0 aliphatic rings. The minimum Gasteiger partial charge on any atom is -0.327 e. The van der Waals surface area contributed by atoms with Crippen LogP contribution < -0.4 is 5.73 Å². The molecule has 0 bridgehead atoms. The van der Waals surface area contributed by atoms with E-state index in [1.165, 1.54) is 0 Å². The highest BCUT2D eigenvalue weighted by atomic mass is 79.9. The van der Waals surface area contributed by atoms with Gasteiger partial charge in [0.05, 0.1) is 0 Å². The molecule has 0 aromatic heterocycles. The van der Waals surface area contributed by atoms with Crippen molar-refractivity contribution >= 4 is 15.9 Å². The number of halogens is 2. The Bertz CT molecular complexity index is 275. The molecule has 1 rings (SSSR count). The first-order chi connectivity index (χ1) is 5.65. The Hall–Kier alpha value is -0.410. The molecule has 0 fully saturated rings. The van der Waals surface area contributed by atoms with Gasteiger partial charge in [0.15, 0.2) is 0 Å². The lowest BCUT2D eigenvalue weighted by atomic mass is 10.1. The molecular weight excluding hydrogens is 221 g/mol. The highest BCUT2D eigenvalue weighted by Crippen LogP contribution is 2.22. The van der Waals surface area contributed by atoms with Gasteiger partial charge in [-0.05, 0) is 24.1 Å². The normalized spacial score (nSPS) is 13.0. The summed E-state index contributed by atoms with van der Waals surface area (Å²) in [4.78, 5) is 0. The van der Waals surface area contributed by atoms with Crippen LogP contribution in [0.15, 0.2) is 22.7 Å². The van der Waals surface area contributed by atoms with Crippen LogP contribution >= 0.6 is 15.9 Å². The molecule has 0 heterocycles. The van der Waals surface area contributed by atoms with E-state index in [9.17, 15) is 4.39 Å². The second-order valence-corrected chi connectivity index (χ2v) is 3.57. The average molecular weight is 232 g/mol. The maximum Gasteiger partial charge on any atom is 0.137 e. The molecule has 66 valence electrons. The summed E-state index contributed by atoms with van der Waals surface area (Å²) < 4.78 is 14.0. The van der Waals surface area contributed by atoms with E-state index < -0.39 is 6.17 Å². The van der Waals surface area contributed by atoms with Gasteiger partial charge in [-0.25, -0.2) is 4.39 Å². The maximum atomic E-state index is 13.0. The molecule has 0 aliphatic heterocycles. The van der Waals surface area contributed by atoms with E-state index in [0.29, 0.717) is 5.56 Å². The van der Waals surface area contributed by atoms with Crippen LogP contribution in [0.2, 0.25) is 0 Å². The van der Waals surface area contributed by atoms with Crippen molar-refractivity contribution in [3.05, 3.63) is 33.8 Å². The predicted octanol–water partition coefficient (Wildman–Crippen LogP) is 2.73. The third-order valence-electron chi connectivity index (χ3n) is 1.75. The van der Waals surface area contributed by atoms with E-state index in [4.69, 9.17) is 5.73 Å². The van der Waals surface area contributed by atoms with Crippen molar-refractivity contribution in [1.29, 1.82) is 0 Å². The fourth-order valence-corrected chi connectivity index (χ4v) is 1.25. The summed E-state index contributed by atoms with van der Waals surface area (Å²) >= 11 is 3.35. The van der Waals surface area contributed by atoms with E-state index in [1.807, 2.05) is 19.1 Å². The molecule has 1 unspecified atom stereocenters. The Morgan fingerprint density at radius 2 is 2.25 bits per heavy atom. The zero-order chi connectivity index (χ0) is 9.14. The van der Waals surface area contributed by atoms with Gasteiger partial charge in [0.2, 0.25) is 0 Å². The van der Waals surface area contributed by atoms with Gasteiger partial charge >= 0.3 is 0 Å². The van der Waals surface area contributed by atoms with Crippen LogP contribution in [0.4, 0.5) is 4.39 Å². The first-order valence-corrected chi connectivity index (χ1v) is 4.54. The van der Waals surface area contributed by atoms with Crippen LogP contribution in [0.3, 0.4) is 0 Å². The van der Waals surface area contributed by atoms with Gasteiger partial charge < -0.3 is 5.73 Å². The standard InChI is InChI=1S/C9H11BrFN/c1-6-4-7(9(11)5-12)2-3-8(6)10/h2-4,9H,5,12H2,1H3. The van der Waals surface area contributed by atoms with Gasteiger partial charge in [0.25, 0.3) is 0 Å². The van der Waals surface area contributed by atoms with Crippen LogP contribution in [-0.4, -0.2) is 6.54 Å². The lowest BCUT2D eigenvalue weighted by Gasteiger charge is -2.06. The van der Waals surface area contributed by atoms with Crippen molar-refractivity contribution in [1.82, 2.24) is 0 Å².